The summed E-state index contributed by atoms with van der Waals surface area (Å²) in [5.74, 6) is -0.724. The lowest BCUT2D eigenvalue weighted by atomic mass is 10.0. The van der Waals surface area contributed by atoms with Gasteiger partial charge in [-0.15, -0.1) is 0 Å². The largest absolute Gasteiger partial charge is 0.480 e. The lowest BCUT2D eigenvalue weighted by Crippen LogP contribution is -2.47. The van der Waals surface area contributed by atoms with E-state index in [9.17, 15) is 14.7 Å². The van der Waals surface area contributed by atoms with E-state index >= 15 is 0 Å². The first-order chi connectivity index (χ1) is 9.66. The summed E-state index contributed by atoms with van der Waals surface area (Å²) in [7, 11) is 0. The highest BCUT2D eigenvalue weighted by Gasteiger charge is 2.46. The van der Waals surface area contributed by atoms with Crippen LogP contribution in [0.3, 0.4) is 0 Å². The number of nitrogens with zero attached hydrogens (tertiary/aromatic N) is 1. The van der Waals surface area contributed by atoms with Crippen molar-refractivity contribution < 1.29 is 14.7 Å². The van der Waals surface area contributed by atoms with E-state index in [1.807, 2.05) is 30.3 Å². The zero-order chi connectivity index (χ0) is 14.1. The summed E-state index contributed by atoms with van der Waals surface area (Å²) in [4.78, 5) is 25.4. The van der Waals surface area contributed by atoms with Crippen LogP contribution in [0.2, 0.25) is 0 Å². The van der Waals surface area contributed by atoms with Crippen LogP contribution < -0.4 is 5.32 Å². The zero-order valence-electron chi connectivity index (χ0n) is 11.2. The molecule has 0 saturated carbocycles. The number of amides is 1. The first-order valence-corrected chi connectivity index (χ1v) is 6.97. The fourth-order valence-corrected chi connectivity index (χ4v) is 3.21. The van der Waals surface area contributed by atoms with Crippen LogP contribution in [-0.4, -0.2) is 47.1 Å². The molecule has 2 N–H and O–H groups in total. The maximum Gasteiger partial charge on any atom is 0.326 e. The lowest BCUT2D eigenvalue weighted by Gasteiger charge is -2.25. The number of aliphatic carboxylic acids is 1. The summed E-state index contributed by atoms with van der Waals surface area (Å²) in [5.41, 5.74) is 0.942. The Bertz CT molecular complexity index is 517. The zero-order valence-corrected chi connectivity index (χ0v) is 11.2. The summed E-state index contributed by atoms with van der Waals surface area (Å²) in [6.07, 6.45) is 1.31. The number of hydrogen-bond donors (Lipinski definition) is 2. The molecule has 5 nitrogen and oxygen atoms in total. The number of likely N-dealkylation sites (tertiary alicyclic amines) is 1. The summed E-state index contributed by atoms with van der Waals surface area (Å²) < 4.78 is 0. The molecule has 0 spiro atoms. The van der Waals surface area contributed by atoms with Crippen LogP contribution in [0.4, 0.5) is 0 Å². The second-order valence-electron chi connectivity index (χ2n) is 5.51. The van der Waals surface area contributed by atoms with Crippen LogP contribution in [0.25, 0.3) is 0 Å². The van der Waals surface area contributed by atoms with Crippen LogP contribution in [-0.2, 0) is 16.0 Å². The van der Waals surface area contributed by atoms with Crippen molar-refractivity contribution in [2.45, 2.75) is 24.9 Å². The van der Waals surface area contributed by atoms with E-state index in [0.717, 1.165) is 18.5 Å². The number of hydrogen-bond acceptors (Lipinski definition) is 3. The predicted octanol–water partition coefficient (Wildman–Crippen LogP) is 0.503. The maximum atomic E-state index is 12.3. The number of benzene rings is 1. The number of carboxylic acids is 1. The third-order valence-electron chi connectivity index (χ3n) is 4.26. The van der Waals surface area contributed by atoms with E-state index in [2.05, 4.69) is 5.32 Å². The molecule has 1 aromatic carbocycles. The van der Waals surface area contributed by atoms with Gasteiger partial charge in [-0.2, -0.15) is 0 Å². The maximum absolute atomic E-state index is 12.3. The molecule has 3 atom stereocenters. The quantitative estimate of drug-likeness (QED) is 0.839. The summed E-state index contributed by atoms with van der Waals surface area (Å²) >= 11 is 0. The van der Waals surface area contributed by atoms with E-state index in [1.54, 1.807) is 0 Å². The van der Waals surface area contributed by atoms with E-state index in [-0.39, 0.29) is 17.9 Å². The SMILES string of the molecule is O=C(O)[C@H](Cc1ccccc1)N1C[C@@H]2CCN[C@@H]2C1=O. The minimum absolute atomic E-state index is 0.0594. The number of fused-ring (bicyclic) bond motifs is 1. The Balaban J connectivity index is 1.78. The summed E-state index contributed by atoms with van der Waals surface area (Å²) in [6, 6.07) is 8.52. The van der Waals surface area contributed by atoms with Crippen molar-refractivity contribution in [3.05, 3.63) is 35.9 Å². The van der Waals surface area contributed by atoms with Gasteiger partial charge < -0.3 is 15.3 Å². The van der Waals surface area contributed by atoms with Crippen LogP contribution in [0.5, 0.6) is 0 Å². The van der Waals surface area contributed by atoms with Gasteiger partial charge in [0.15, 0.2) is 0 Å². The van der Waals surface area contributed by atoms with Crippen molar-refractivity contribution in [2.75, 3.05) is 13.1 Å². The summed E-state index contributed by atoms with van der Waals surface area (Å²) in [6.45, 7) is 1.41. The van der Waals surface area contributed by atoms with Crippen LogP contribution in [0.15, 0.2) is 30.3 Å². The van der Waals surface area contributed by atoms with Crippen molar-refractivity contribution in [1.29, 1.82) is 0 Å². The van der Waals surface area contributed by atoms with E-state index in [0.29, 0.717) is 13.0 Å². The van der Waals surface area contributed by atoms with Crippen molar-refractivity contribution in [3.8, 4) is 0 Å². The van der Waals surface area contributed by atoms with Gasteiger partial charge in [-0.25, -0.2) is 4.79 Å². The number of carboxylic acid groups (broad SMARTS) is 1. The normalized spacial score (nSPS) is 26.6. The minimum Gasteiger partial charge on any atom is -0.480 e. The molecule has 3 rings (SSSR count). The molecule has 106 valence electrons. The average molecular weight is 274 g/mol. The monoisotopic (exact) mass is 274 g/mol. The third kappa shape index (κ3) is 2.29. The van der Waals surface area contributed by atoms with E-state index in [4.69, 9.17) is 0 Å². The lowest BCUT2D eigenvalue weighted by molar-refractivity contribution is -0.148. The van der Waals surface area contributed by atoms with Crippen molar-refractivity contribution >= 4 is 11.9 Å². The molecule has 0 unspecified atom stereocenters. The van der Waals surface area contributed by atoms with Crippen LogP contribution in [0, 0.1) is 5.92 Å². The van der Waals surface area contributed by atoms with Gasteiger partial charge in [0.05, 0.1) is 6.04 Å². The standard InChI is InChI=1S/C15H18N2O3/c18-14-13-11(6-7-16-13)9-17(14)12(15(19)20)8-10-4-2-1-3-5-10/h1-5,11-13,16H,6-9H2,(H,19,20)/t11-,12-,13-/m0/s1. The van der Waals surface area contributed by atoms with E-state index < -0.39 is 12.0 Å². The van der Waals surface area contributed by atoms with Gasteiger partial charge in [-0.3, -0.25) is 4.79 Å². The molecular weight excluding hydrogens is 256 g/mol. The Morgan fingerprint density at radius 3 is 2.80 bits per heavy atom. The van der Waals surface area contributed by atoms with Gasteiger partial charge in [0.1, 0.15) is 6.04 Å². The van der Waals surface area contributed by atoms with Gasteiger partial charge in [0.25, 0.3) is 0 Å². The highest BCUT2D eigenvalue weighted by Crippen LogP contribution is 2.28. The molecule has 0 radical (unpaired) electrons. The average Bonchev–Trinajstić information content (AvgIpc) is 3.01. The molecule has 0 bridgehead atoms. The first-order valence-electron chi connectivity index (χ1n) is 6.97. The topological polar surface area (TPSA) is 69.6 Å². The molecule has 20 heavy (non-hydrogen) atoms. The Hall–Kier alpha value is -1.88. The molecule has 5 heteroatoms. The number of carbonyl (C=O) groups excluding carboxylic acids is 1. The highest BCUT2D eigenvalue weighted by molar-refractivity contribution is 5.89. The van der Waals surface area contributed by atoms with Crippen LogP contribution in [0.1, 0.15) is 12.0 Å². The highest BCUT2D eigenvalue weighted by atomic mass is 16.4. The van der Waals surface area contributed by atoms with Gasteiger partial charge in [0, 0.05) is 18.9 Å². The summed E-state index contributed by atoms with van der Waals surface area (Å²) in [5, 5.41) is 12.6. The van der Waals surface area contributed by atoms with Gasteiger partial charge in [-0.1, -0.05) is 30.3 Å². The fraction of sp³-hybridized carbons (Fsp3) is 0.467. The predicted molar refractivity (Wildman–Crippen MR) is 73.2 cm³/mol. The smallest absolute Gasteiger partial charge is 0.326 e. The molecule has 2 aliphatic rings. The fourth-order valence-electron chi connectivity index (χ4n) is 3.21. The van der Waals surface area contributed by atoms with Crippen molar-refractivity contribution in [2.24, 2.45) is 5.92 Å². The third-order valence-corrected chi connectivity index (χ3v) is 4.26. The van der Waals surface area contributed by atoms with Gasteiger partial charge >= 0.3 is 5.97 Å². The second kappa shape index (κ2) is 5.25. The molecule has 1 amide bonds. The molecule has 0 aliphatic carbocycles. The van der Waals surface area contributed by atoms with Crippen LogP contribution >= 0.6 is 0 Å². The minimum atomic E-state index is -0.929. The molecule has 2 aliphatic heterocycles. The van der Waals surface area contributed by atoms with Crippen molar-refractivity contribution in [3.63, 3.8) is 0 Å². The molecule has 2 saturated heterocycles. The number of nitrogens with one attached hydrogen (secondary N) is 1. The molecule has 0 aromatic heterocycles. The molecule has 2 fully saturated rings. The Kier molecular flexibility index (Phi) is 3.44. The Morgan fingerprint density at radius 1 is 1.40 bits per heavy atom. The van der Waals surface area contributed by atoms with Gasteiger partial charge in [-0.05, 0) is 18.5 Å². The Labute approximate surface area is 117 Å². The molecular formula is C15H18N2O3. The molecule has 2 heterocycles. The van der Waals surface area contributed by atoms with Crippen molar-refractivity contribution in [1.82, 2.24) is 10.2 Å². The van der Waals surface area contributed by atoms with E-state index in [1.165, 1.54) is 4.90 Å². The number of rotatable bonds is 4. The Morgan fingerprint density at radius 2 is 2.15 bits per heavy atom. The molecule has 1 aromatic rings. The van der Waals surface area contributed by atoms with Gasteiger partial charge in [0.2, 0.25) is 5.91 Å². The second-order valence-corrected chi connectivity index (χ2v) is 5.51. The number of carbonyl (C=O) groups is 2. The first kappa shape index (κ1) is 13.1.